The van der Waals surface area contributed by atoms with E-state index in [9.17, 15) is 4.79 Å². The Morgan fingerprint density at radius 1 is 1.19 bits per heavy atom. The first-order valence-corrected chi connectivity index (χ1v) is 6.53. The Bertz CT molecular complexity index is 687. The van der Waals surface area contributed by atoms with Crippen LogP contribution in [0.4, 0.5) is 5.69 Å². The molecule has 0 aliphatic carbocycles. The van der Waals surface area contributed by atoms with Crippen molar-refractivity contribution in [3.05, 3.63) is 65.2 Å². The smallest absolute Gasteiger partial charge is 0.338 e. The lowest BCUT2D eigenvalue weighted by atomic mass is 10.1. The van der Waals surface area contributed by atoms with Crippen LogP contribution in [0.1, 0.15) is 21.5 Å². The maximum Gasteiger partial charge on any atom is 0.338 e. The molecule has 0 spiro atoms. The molecule has 2 aromatic rings. The molecule has 106 valence electrons. The van der Waals surface area contributed by atoms with Crippen molar-refractivity contribution in [2.75, 3.05) is 19.0 Å². The molecule has 0 amide bonds. The molecular weight excluding hydrogens is 264 g/mol. The van der Waals surface area contributed by atoms with Gasteiger partial charge in [-0.05, 0) is 35.9 Å². The van der Waals surface area contributed by atoms with Crippen LogP contribution in [0, 0.1) is 11.3 Å². The predicted octanol–water partition coefficient (Wildman–Crippen LogP) is 2.98. The molecule has 0 saturated heterocycles. The average molecular weight is 280 g/mol. The maximum atomic E-state index is 12.0. The summed E-state index contributed by atoms with van der Waals surface area (Å²) in [7, 11) is 3.83. The van der Waals surface area contributed by atoms with Gasteiger partial charge in [0, 0.05) is 19.8 Å². The van der Waals surface area contributed by atoms with E-state index >= 15 is 0 Å². The van der Waals surface area contributed by atoms with E-state index in [1.807, 2.05) is 37.2 Å². The molecule has 0 unspecified atom stereocenters. The van der Waals surface area contributed by atoms with Crippen molar-refractivity contribution in [3.8, 4) is 6.07 Å². The van der Waals surface area contributed by atoms with Gasteiger partial charge in [0.1, 0.15) is 6.61 Å². The van der Waals surface area contributed by atoms with Gasteiger partial charge in [0.05, 0.1) is 17.2 Å². The van der Waals surface area contributed by atoms with Crippen LogP contribution in [0.5, 0.6) is 0 Å². The standard InChI is InChI=1S/C17H16N2O2/c1-19(2)16-8-4-7-15(10-16)17(20)21-12-14-6-3-5-13(9-14)11-18/h3-10H,12H2,1-2H3. The van der Waals surface area contributed by atoms with E-state index in [2.05, 4.69) is 6.07 Å². The van der Waals surface area contributed by atoms with Gasteiger partial charge in [-0.3, -0.25) is 0 Å². The van der Waals surface area contributed by atoms with Gasteiger partial charge in [-0.25, -0.2) is 4.79 Å². The highest BCUT2D eigenvalue weighted by Crippen LogP contribution is 2.15. The third-order valence-corrected chi connectivity index (χ3v) is 3.02. The van der Waals surface area contributed by atoms with Crippen molar-refractivity contribution in [1.82, 2.24) is 0 Å². The molecule has 21 heavy (non-hydrogen) atoms. The second-order valence-corrected chi connectivity index (χ2v) is 4.83. The van der Waals surface area contributed by atoms with Gasteiger partial charge in [-0.1, -0.05) is 18.2 Å². The first kappa shape index (κ1) is 14.6. The van der Waals surface area contributed by atoms with E-state index in [1.165, 1.54) is 0 Å². The third kappa shape index (κ3) is 3.83. The summed E-state index contributed by atoms with van der Waals surface area (Å²) in [5.74, 6) is -0.374. The highest BCUT2D eigenvalue weighted by Gasteiger charge is 2.09. The van der Waals surface area contributed by atoms with Gasteiger partial charge < -0.3 is 9.64 Å². The van der Waals surface area contributed by atoms with E-state index in [0.29, 0.717) is 11.1 Å². The second-order valence-electron chi connectivity index (χ2n) is 4.83. The molecule has 0 aromatic heterocycles. The molecule has 0 fully saturated rings. The Balaban J connectivity index is 2.05. The van der Waals surface area contributed by atoms with Gasteiger partial charge in [0.2, 0.25) is 0 Å². The monoisotopic (exact) mass is 280 g/mol. The fourth-order valence-corrected chi connectivity index (χ4v) is 1.87. The van der Waals surface area contributed by atoms with E-state index < -0.39 is 0 Å². The van der Waals surface area contributed by atoms with Crippen molar-refractivity contribution in [1.29, 1.82) is 5.26 Å². The van der Waals surface area contributed by atoms with Gasteiger partial charge in [-0.15, -0.1) is 0 Å². The maximum absolute atomic E-state index is 12.0. The van der Waals surface area contributed by atoms with Crippen LogP contribution in [0.15, 0.2) is 48.5 Å². The lowest BCUT2D eigenvalue weighted by Gasteiger charge is -2.13. The van der Waals surface area contributed by atoms with Crippen LogP contribution in [-0.4, -0.2) is 20.1 Å². The zero-order valence-electron chi connectivity index (χ0n) is 12.0. The fourth-order valence-electron chi connectivity index (χ4n) is 1.87. The summed E-state index contributed by atoms with van der Waals surface area (Å²) < 4.78 is 5.28. The molecule has 2 rings (SSSR count). The highest BCUT2D eigenvalue weighted by atomic mass is 16.5. The third-order valence-electron chi connectivity index (χ3n) is 3.02. The van der Waals surface area contributed by atoms with Crippen molar-refractivity contribution >= 4 is 11.7 Å². The number of nitrogens with zero attached hydrogens (tertiary/aromatic N) is 2. The molecule has 0 heterocycles. The van der Waals surface area contributed by atoms with Crippen LogP contribution in [0.25, 0.3) is 0 Å². The number of carbonyl (C=O) groups is 1. The van der Waals surface area contributed by atoms with Gasteiger partial charge in [0.25, 0.3) is 0 Å². The predicted molar refractivity (Wildman–Crippen MR) is 81.0 cm³/mol. The van der Waals surface area contributed by atoms with Crippen LogP contribution in [0.3, 0.4) is 0 Å². The van der Waals surface area contributed by atoms with Gasteiger partial charge in [-0.2, -0.15) is 5.26 Å². The molecule has 4 nitrogen and oxygen atoms in total. The van der Waals surface area contributed by atoms with E-state index in [1.54, 1.807) is 30.3 Å². The number of esters is 1. The first-order valence-electron chi connectivity index (χ1n) is 6.53. The van der Waals surface area contributed by atoms with Crippen molar-refractivity contribution in [2.24, 2.45) is 0 Å². The van der Waals surface area contributed by atoms with Crippen molar-refractivity contribution in [3.63, 3.8) is 0 Å². The van der Waals surface area contributed by atoms with E-state index in [4.69, 9.17) is 10.00 Å². The average Bonchev–Trinajstić information content (AvgIpc) is 2.53. The molecule has 2 aromatic carbocycles. The zero-order valence-corrected chi connectivity index (χ0v) is 12.0. The Labute approximate surface area is 124 Å². The van der Waals surface area contributed by atoms with Gasteiger partial charge >= 0.3 is 5.97 Å². The summed E-state index contributed by atoms with van der Waals surface area (Å²) in [6, 6.07) is 16.3. The number of anilines is 1. The number of nitriles is 1. The molecule has 0 N–H and O–H groups in total. The van der Waals surface area contributed by atoms with Crippen molar-refractivity contribution in [2.45, 2.75) is 6.61 Å². The van der Waals surface area contributed by atoms with Crippen LogP contribution in [-0.2, 0) is 11.3 Å². The SMILES string of the molecule is CN(C)c1cccc(C(=O)OCc2cccc(C#N)c2)c1. The summed E-state index contributed by atoms with van der Waals surface area (Å²) in [6.07, 6.45) is 0. The van der Waals surface area contributed by atoms with Gasteiger partial charge in [0.15, 0.2) is 0 Å². The summed E-state index contributed by atoms with van der Waals surface area (Å²) >= 11 is 0. The summed E-state index contributed by atoms with van der Waals surface area (Å²) in [5, 5.41) is 8.84. The number of carbonyl (C=O) groups excluding carboxylic acids is 1. The molecule has 0 saturated carbocycles. The minimum absolute atomic E-state index is 0.153. The van der Waals surface area contributed by atoms with Crippen LogP contribution in [0.2, 0.25) is 0 Å². The van der Waals surface area contributed by atoms with Crippen molar-refractivity contribution < 1.29 is 9.53 Å². The molecule has 0 radical (unpaired) electrons. The Morgan fingerprint density at radius 3 is 2.67 bits per heavy atom. The Kier molecular flexibility index (Phi) is 4.57. The minimum Gasteiger partial charge on any atom is -0.457 e. The number of benzene rings is 2. The summed E-state index contributed by atoms with van der Waals surface area (Å²) in [4.78, 5) is 14.0. The van der Waals surface area contributed by atoms with Crippen LogP contribution < -0.4 is 4.90 Å². The fraction of sp³-hybridized carbons (Fsp3) is 0.176. The number of hydrogen-bond acceptors (Lipinski definition) is 4. The molecule has 0 aliphatic heterocycles. The summed E-state index contributed by atoms with van der Waals surface area (Å²) in [5.41, 5.74) is 2.80. The molecule has 0 bridgehead atoms. The second kappa shape index (κ2) is 6.58. The Hall–Kier alpha value is -2.80. The minimum atomic E-state index is -0.374. The molecule has 0 atom stereocenters. The topological polar surface area (TPSA) is 53.3 Å². The Morgan fingerprint density at radius 2 is 1.95 bits per heavy atom. The van der Waals surface area contributed by atoms with Crippen LogP contribution >= 0.6 is 0 Å². The lowest BCUT2D eigenvalue weighted by molar-refractivity contribution is 0.0472. The van der Waals surface area contributed by atoms with E-state index in [-0.39, 0.29) is 12.6 Å². The molecule has 0 aliphatic rings. The molecular formula is C17H16N2O2. The quantitative estimate of drug-likeness (QED) is 0.808. The largest absolute Gasteiger partial charge is 0.457 e. The lowest BCUT2D eigenvalue weighted by Crippen LogP contribution is -2.11. The number of rotatable bonds is 4. The normalized spacial score (nSPS) is 9.76. The number of ether oxygens (including phenoxy) is 1. The zero-order chi connectivity index (χ0) is 15.2. The molecule has 4 heteroatoms. The number of hydrogen-bond donors (Lipinski definition) is 0. The van der Waals surface area contributed by atoms with E-state index in [0.717, 1.165) is 11.3 Å². The highest BCUT2D eigenvalue weighted by molar-refractivity contribution is 5.90. The first-order chi connectivity index (χ1) is 10.1. The summed E-state index contributed by atoms with van der Waals surface area (Å²) in [6.45, 7) is 0.153.